The molecule has 2 N–H and O–H groups in total. The van der Waals surface area contributed by atoms with Crippen molar-refractivity contribution in [1.29, 1.82) is 0 Å². The number of rotatable bonds is 8. The Hall–Kier alpha value is -2.08. The third-order valence-electron chi connectivity index (χ3n) is 5.08. The van der Waals surface area contributed by atoms with Crippen LogP contribution in [0.25, 0.3) is 11.0 Å². The van der Waals surface area contributed by atoms with Gasteiger partial charge in [0.25, 0.3) is 0 Å². The van der Waals surface area contributed by atoms with Crippen molar-refractivity contribution in [2.45, 2.75) is 26.9 Å². The number of nitrogen functional groups attached to an aromatic ring is 1. The molecule has 3 rings (SSSR count). The van der Waals surface area contributed by atoms with Crippen LogP contribution in [0.3, 0.4) is 0 Å². The first-order valence-corrected chi connectivity index (χ1v) is 10.2. The first-order valence-electron chi connectivity index (χ1n) is 9.43. The van der Waals surface area contributed by atoms with Crippen LogP contribution in [0, 0.1) is 0 Å². The number of hydrogen-bond acceptors (Lipinski definition) is 3. The van der Waals surface area contributed by atoms with Gasteiger partial charge in [-0.3, -0.25) is 10.5 Å². The lowest BCUT2D eigenvalue weighted by Gasteiger charge is -2.17. The molecule has 0 unspecified atom stereocenters. The number of carbonyl (C=O) groups is 1. The lowest BCUT2D eigenvalue weighted by molar-refractivity contribution is -0.642. The van der Waals surface area contributed by atoms with E-state index in [1.165, 1.54) is 0 Å². The second-order valence-corrected chi connectivity index (χ2v) is 7.50. The van der Waals surface area contributed by atoms with Crippen LogP contribution in [0.1, 0.15) is 24.2 Å². The first-order chi connectivity index (χ1) is 13.5. The number of para-hydroxylation sites is 2. The number of fused-ring (bicyclic) bond motifs is 1. The molecule has 0 radical (unpaired) electrons. The Bertz CT molecular complexity index is 995. The van der Waals surface area contributed by atoms with E-state index in [1.807, 2.05) is 28.8 Å². The molecule has 28 heavy (non-hydrogen) atoms. The van der Waals surface area contributed by atoms with Gasteiger partial charge in [-0.25, -0.2) is 9.13 Å². The van der Waals surface area contributed by atoms with Gasteiger partial charge in [-0.2, -0.15) is 0 Å². The SMILES string of the molecule is CCN(CC)CCn1c(N)[n+](CC(=O)c2ccc(Cl)cc2Cl)c2ccccc21. The molecule has 0 saturated carbocycles. The van der Waals surface area contributed by atoms with Gasteiger partial charge in [0.2, 0.25) is 0 Å². The standard InChI is InChI=1S/C21H24Cl2N4O/c1-3-25(4-2)11-12-26-18-7-5-6-8-19(18)27(21(26)24)14-20(28)16-10-9-15(22)13-17(16)23/h5-10,13,24H,3-4,11-12,14H2,1-2H3/p+1. The molecule has 0 aliphatic heterocycles. The van der Waals surface area contributed by atoms with Crippen LogP contribution in [0.4, 0.5) is 5.95 Å². The highest BCUT2D eigenvalue weighted by molar-refractivity contribution is 6.36. The van der Waals surface area contributed by atoms with E-state index in [9.17, 15) is 4.79 Å². The van der Waals surface area contributed by atoms with Crippen molar-refractivity contribution in [1.82, 2.24) is 9.47 Å². The van der Waals surface area contributed by atoms with Crippen molar-refractivity contribution < 1.29 is 9.36 Å². The summed E-state index contributed by atoms with van der Waals surface area (Å²) in [7, 11) is 0. The van der Waals surface area contributed by atoms with E-state index >= 15 is 0 Å². The number of ketones is 1. The fourth-order valence-electron chi connectivity index (χ4n) is 3.44. The van der Waals surface area contributed by atoms with Gasteiger partial charge in [-0.1, -0.05) is 49.2 Å². The molecule has 3 aromatic rings. The Morgan fingerprint density at radius 3 is 2.54 bits per heavy atom. The van der Waals surface area contributed by atoms with E-state index in [-0.39, 0.29) is 12.3 Å². The molecule has 2 aromatic carbocycles. The van der Waals surface area contributed by atoms with E-state index in [4.69, 9.17) is 28.9 Å². The number of nitrogens with zero attached hydrogens (tertiary/aromatic N) is 3. The molecule has 7 heteroatoms. The molecule has 5 nitrogen and oxygen atoms in total. The predicted octanol–water partition coefficient (Wildman–Crippen LogP) is 4.04. The van der Waals surface area contributed by atoms with Gasteiger partial charge >= 0.3 is 5.95 Å². The normalized spacial score (nSPS) is 11.5. The topological polar surface area (TPSA) is 55.1 Å². The molecule has 0 saturated heterocycles. The highest BCUT2D eigenvalue weighted by Crippen LogP contribution is 2.22. The number of likely N-dealkylation sites (N-methyl/N-ethyl adjacent to an activating group) is 1. The second kappa shape index (κ2) is 8.95. The molecular weight excluding hydrogens is 395 g/mol. The van der Waals surface area contributed by atoms with Gasteiger partial charge < -0.3 is 4.90 Å². The fourth-order valence-corrected chi connectivity index (χ4v) is 3.95. The molecule has 0 aliphatic carbocycles. The minimum atomic E-state index is -0.106. The molecule has 0 fully saturated rings. The van der Waals surface area contributed by atoms with Crippen molar-refractivity contribution in [3.8, 4) is 0 Å². The van der Waals surface area contributed by atoms with Gasteiger partial charge in [0.1, 0.15) is 17.6 Å². The smallest absolute Gasteiger partial charge is 0.301 e. The van der Waals surface area contributed by atoms with E-state index in [2.05, 4.69) is 23.3 Å². The van der Waals surface area contributed by atoms with Gasteiger partial charge in [0.05, 0.1) is 11.6 Å². The molecular formula is C21H25Cl2N4O+. The first kappa shape index (κ1) is 20.6. The predicted molar refractivity (Wildman–Crippen MR) is 115 cm³/mol. The second-order valence-electron chi connectivity index (χ2n) is 6.66. The third-order valence-corrected chi connectivity index (χ3v) is 5.63. The molecule has 1 aromatic heterocycles. The summed E-state index contributed by atoms with van der Waals surface area (Å²) in [4.78, 5) is 15.2. The van der Waals surface area contributed by atoms with Crippen molar-refractivity contribution in [2.75, 3.05) is 25.4 Å². The highest BCUT2D eigenvalue weighted by Gasteiger charge is 2.24. The average molecular weight is 420 g/mol. The maximum atomic E-state index is 12.9. The van der Waals surface area contributed by atoms with Gasteiger partial charge in [-0.15, -0.1) is 0 Å². The van der Waals surface area contributed by atoms with Gasteiger partial charge in [0, 0.05) is 17.1 Å². The van der Waals surface area contributed by atoms with E-state index in [0.29, 0.717) is 21.6 Å². The summed E-state index contributed by atoms with van der Waals surface area (Å²) in [5.74, 6) is 0.455. The van der Waals surface area contributed by atoms with Gasteiger partial charge in [-0.05, 0) is 43.4 Å². The summed E-state index contributed by atoms with van der Waals surface area (Å²) in [6, 6.07) is 12.9. The minimum Gasteiger partial charge on any atom is -0.301 e. The molecule has 0 amide bonds. The maximum Gasteiger partial charge on any atom is 0.356 e. The van der Waals surface area contributed by atoms with Crippen LogP contribution in [-0.4, -0.2) is 34.9 Å². The van der Waals surface area contributed by atoms with Crippen molar-refractivity contribution in [3.05, 3.63) is 58.1 Å². The number of Topliss-reactive ketones (excluding diaryl/α,β-unsaturated/α-hetero) is 1. The van der Waals surface area contributed by atoms with Crippen LogP contribution in [0.2, 0.25) is 10.0 Å². The van der Waals surface area contributed by atoms with Crippen LogP contribution < -0.4 is 10.3 Å². The third kappa shape index (κ3) is 4.17. The monoisotopic (exact) mass is 419 g/mol. The average Bonchev–Trinajstić information content (AvgIpc) is 2.94. The largest absolute Gasteiger partial charge is 0.356 e. The Morgan fingerprint density at radius 2 is 1.86 bits per heavy atom. The van der Waals surface area contributed by atoms with Crippen molar-refractivity contribution >= 4 is 46.0 Å². The number of hydrogen-bond donors (Lipinski definition) is 1. The Balaban J connectivity index is 1.95. The number of anilines is 1. The summed E-state index contributed by atoms with van der Waals surface area (Å²) in [6.07, 6.45) is 0. The zero-order chi connectivity index (χ0) is 20.3. The zero-order valence-corrected chi connectivity index (χ0v) is 17.7. The molecule has 1 heterocycles. The molecule has 0 spiro atoms. The summed E-state index contributed by atoms with van der Waals surface area (Å²) in [5, 5.41) is 0.851. The number of nitrogens with two attached hydrogens (primary N) is 1. The maximum absolute atomic E-state index is 12.9. The Labute approximate surface area is 175 Å². The minimum absolute atomic E-state index is 0.106. The Morgan fingerprint density at radius 1 is 1.14 bits per heavy atom. The number of benzene rings is 2. The van der Waals surface area contributed by atoms with Gasteiger partial charge in [0.15, 0.2) is 5.78 Å². The summed E-state index contributed by atoms with van der Waals surface area (Å²) >= 11 is 12.2. The van der Waals surface area contributed by atoms with E-state index in [1.54, 1.807) is 18.2 Å². The van der Waals surface area contributed by atoms with E-state index < -0.39 is 0 Å². The molecule has 0 atom stereocenters. The quantitative estimate of drug-likeness (QED) is 0.442. The number of aromatic nitrogens is 2. The fraction of sp³-hybridized carbons (Fsp3) is 0.333. The lowest BCUT2D eigenvalue weighted by Crippen LogP contribution is -2.40. The number of halogens is 2. The summed E-state index contributed by atoms with van der Waals surface area (Å²) < 4.78 is 3.93. The molecule has 0 aliphatic rings. The van der Waals surface area contributed by atoms with E-state index in [0.717, 1.165) is 37.2 Å². The summed E-state index contributed by atoms with van der Waals surface area (Å²) in [6.45, 7) is 8.05. The van der Waals surface area contributed by atoms with Crippen molar-refractivity contribution in [2.24, 2.45) is 0 Å². The summed E-state index contributed by atoms with van der Waals surface area (Å²) in [5.41, 5.74) is 8.86. The van der Waals surface area contributed by atoms with Crippen molar-refractivity contribution in [3.63, 3.8) is 0 Å². The lowest BCUT2D eigenvalue weighted by atomic mass is 10.1. The van der Waals surface area contributed by atoms with Crippen LogP contribution in [-0.2, 0) is 13.1 Å². The highest BCUT2D eigenvalue weighted by atomic mass is 35.5. The zero-order valence-electron chi connectivity index (χ0n) is 16.2. The van der Waals surface area contributed by atoms with Crippen LogP contribution >= 0.6 is 23.2 Å². The van der Waals surface area contributed by atoms with Crippen LogP contribution in [0.5, 0.6) is 0 Å². The van der Waals surface area contributed by atoms with Crippen LogP contribution in [0.15, 0.2) is 42.5 Å². The molecule has 148 valence electrons. The molecule has 0 bridgehead atoms. The number of carbonyl (C=O) groups excluding carboxylic acids is 1. The number of imidazole rings is 1. The Kier molecular flexibility index (Phi) is 6.60.